The summed E-state index contributed by atoms with van der Waals surface area (Å²) in [6.07, 6.45) is -1.08. The number of amides is 1. The molecule has 1 N–H and O–H groups in total. The summed E-state index contributed by atoms with van der Waals surface area (Å²) in [6.45, 7) is 4.13. The lowest BCUT2D eigenvalue weighted by atomic mass is 10.1. The van der Waals surface area contributed by atoms with Gasteiger partial charge in [0.05, 0.1) is 6.04 Å². The van der Waals surface area contributed by atoms with E-state index in [-0.39, 0.29) is 29.0 Å². The minimum Gasteiger partial charge on any atom is -0.471 e. The van der Waals surface area contributed by atoms with Crippen molar-refractivity contribution in [2.75, 3.05) is 6.61 Å². The molecule has 6 nitrogen and oxygen atoms in total. The van der Waals surface area contributed by atoms with Crippen LogP contribution in [0.1, 0.15) is 47.2 Å². The Labute approximate surface area is 166 Å². The van der Waals surface area contributed by atoms with Gasteiger partial charge < -0.3 is 10.1 Å². The van der Waals surface area contributed by atoms with Crippen LogP contribution in [0.25, 0.3) is 0 Å². The normalized spacial score (nSPS) is 12.0. The molecule has 0 saturated carbocycles. The molecule has 2 rings (SSSR count). The molecule has 2 aromatic heterocycles. The minimum atomic E-state index is -2.63. The molecule has 0 aliphatic heterocycles. The van der Waals surface area contributed by atoms with Gasteiger partial charge in [0.2, 0.25) is 5.88 Å². The van der Waals surface area contributed by atoms with E-state index in [1.807, 2.05) is 0 Å². The number of nitrogens with zero attached hydrogens (tertiary/aromatic N) is 2. The molecule has 0 radical (unpaired) electrons. The lowest BCUT2D eigenvalue weighted by molar-refractivity contribution is -0.116. The number of Topliss-reactive ketones (excluding diaryl/α,β-unsaturated/α-hetero) is 1. The summed E-state index contributed by atoms with van der Waals surface area (Å²) in [7, 11) is 0. The lowest BCUT2D eigenvalue weighted by Gasteiger charge is -2.16. The van der Waals surface area contributed by atoms with E-state index >= 15 is 0 Å². The number of ether oxygens (including phenoxy) is 1. The zero-order chi connectivity index (χ0) is 20.8. The van der Waals surface area contributed by atoms with Crippen LogP contribution in [0.3, 0.4) is 0 Å². The van der Waals surface area contributed by atoms with Crippen molar-refractivity contribution in [3.05, 3.63) is 51.9 Å². The highest BCUT2D eigenvalue weighted by Crippen LogP contribution is 2.25. The monoisotopic (exact) mass is 411 g/mol. The highest BCUT2D eigenvalue weighted by molar-refractivity contribution is 6.31. The summed E-state index contributed by atoms with van der Waals surface area (Å²) in [6, 6.07) is 4.24. The van der Waals surface area contributed by atoms with E-state index < -0.39 is 19.1 Å². The maximum atomic E-state index is 12.6. The number of aromatic nitrogens is 2. The molecule has 0 bridgehead atoms. The van der Waals surface area contributed by atoms with Gasteiger partial charge in [0, 0.05) is 29.6 Å². The van der Waals surface area contributed by atoms with Crippen molar-refractivity contribution in [1.82, 2.24) is 15.3 Å². The summed E-state index contributed by atoms with van der Waals surface area (Å²) >= 11 is 6.02. The van der Waals surface area contributed by atoms with Crippen molar-refractivity contribution in [2.45, 2.75) is 39.7 Å². The highest BCUT2D eigenvalue weighted by atomic mass is 35.5. The highest BCUT2D eigenvalue weighted by Gasteiger charge is 2.16. The van der Waals surface area contributed by atoms with E-state index in [0.29, 0.717) is 22.5 Å². The number of ketones is 1. The molecule has 0 saturated heterocycles. The van der Waals surface area contributed by atoms with E-state index in [2.05, 4.69) is 15.3 Å². The van der Waals surface area contributed by atoms with E-state index in [1.165, 1.54) is 19.2 Å². The van der Waals surface area contributed by atoms with Crippen LogP contribution >= 0.6 is 11.6 Å². The number of halogens is 3. The van der Waals surface area contributed by atoms with Crippen molar-refractivity contribution in [3.63, 3.8) is 0 Å². The maximum absolute atomic E-state index is 12.6. The van der Waals surface area contributed by atoms with Crippen LogP contribution in [0.5, 0.6) is 5.88 Å². The Hall–Kier alpha value is -2.61. The largest absolute Gasteiger partial charge is 0.471 e. The van der Waals surface area contributed by atoms with Crippen molar-refractivity contribution in [2.24, 2.45) is 0 Å². The fourth-order valence-corrected chi connectivity index (χ4v) is 2.73. The van der Waals surface area contributed by atoms with Crippen molar-refractivity contribution < 1.29 is 23.1 Å². The summed E-state index contributed by atoms with van der Waals surface area (Å²) in [5.74, 6) is -0.493. The molecule has 1 amide bonds. The van der Waals surface area contributed by atoms with Gasteiger partial charge in [-0.15, -0.1) is 0 Å². The molecule has 1 unspecified atom stereocenters. The Morgan fingerprint density at radius 3 is 2.61 bits per heavy atom. The van der Waals surface area contributed by atoms with E-state index in [0.717, 1.165) is 0 Å². The molecule has 28 heavy (non-hydrogen) atoms. The van der Waals surface area contributed by atoms with Gasteiger partial charge in [0.15, 0.2) is 6.61 Å². The first-order chi connectivity index (χ1) is 13.2. The second-order valence-corrected chi connectivity index (χ2v) is 6.73. The quantitative estimate of drug-likeness (QED) is 0.716. The van der Waals surface area contributed by atoms with Crippen LogP contribution in [-0.2, 0) is 11.2 Å². The molecule has 9 heteroatoms. The Morgan fingerprint density at radius 1 is 1.29 bits per heavy atom. The molecule has 2 heterocycles. The van der Waals surface area contributed by atoms with Crippen LogP contribution in [0, 0.1) is 6.92 Å². The predicted molar refractivity (Wildman–Crippen MR) is 100.0 cm³/mol. The smallest absolute Gasteiger partial charge is 0.272 e. The number of carbonyl (C=O) groups is 2. The van der Waals surface area contributed by atoms with Gasteiger partial charge in [0.1, 0.15) is 10.8 Å². The molecule has 0 spiro atoms. The standard InChI is InChI=1S/C19H20ClF2N3O3/c1-10-4-13(6-15(24-10)5-11(2)26)18(27)25-12(3)14-7-16(20)19(23-8-14)28-9-17(21)22/h4,6-8,12,17H,5,9H2,1-3H3,(H,25,27). The number of carbonyl (C=O) groups excluding carboxylic acids is 2. The van der Waals surface area contributed by atoms with Gasteiger partial charge in [-0.3, -0.25) is 14.6 Å². The third-order valence-corrected chi connectivity index (χ3v) is 3.99. The molecule has 1 atom stereocenters. The number of rotatable bonds is 8. The average Bonchev–Trinajstić information content (AvgIpc) is 2.59. The summed E-state index contributed by atoms with van der Waals surface area (Å²) in [5.41, 5.74) is 2.11. The van der Waals surface area contributed by atoms with E-state index in [9.17, 15) is 18.4 Å². The lowest BCUT2D eigenvalue weighted by Crippen LogP contribution is -2.27. The number of nitrogens with one attached hydrogen (secondary N) is 1. The zero-order valence-corrected chi connectivity index (χ0v) is 16.4. The van der Waals surface area contributed by atoms with Crippen LogP contribution < -0.4 is 10.1 Å². The Balaban J connectivity index is 2.11. The van der Waals surface area contributed by atoms with Gasteiger partial charge in [0.25, 0.3) is 12.3 Å². The van der Waals surface area contributed by atoms with E-state index in [4.69, 9.17) is 16.3 Å². The van der Waals surface area contributed by atoms with Gasteiger partial charge in [-0.25, -0.2) is 13.8 Å². The second kappa shape index (κ2) is 9.54. The first kappa shape index (κ1) is 21.7. The SMILES string of the molecule is CC(=O)Cc1cc(C(=O)NC(C)c2cnc(OCC(F)F)c(Cl)c2)cc(C)n1. The Kier molecular flexibility index (Phi) is 7.39. The molecular weight excluding hydrogens is 392 g/mol. The topological polar surface area (TPSA) is 81.2 Å². The Morgan fingerprint density at radius 2 is 2.00 bits per heavy atom. The molecule has 0 aliphatic carbocycles. The Bertz CT molecular complexity index is 877. The molecular formula is C19H20ClF2N3O3. The van der Waals surface area contributed by atoms with Gasteiger partial charge >= 0.3 is 0 Å². The number of hydrogen-bond acceptors (Lipinski definition) is 5. The third kappa shape index (κ3) is 6.23. The number of aryl methyl sites for hydroxylation is 1. The molecule has 150 valence electrons. The second-order valence-electron chi connectivity index (χ2n) is 6.32. The summed E-state index contributed by atoms with van der Waals surface area (Å²) < 4.78 is 29.3. The van der Waals surface area contributed by atoms with Gasteiger partial charge in [-0.1, -0.05) is 11.6 Å². The number of hydrogen-bond donors (Lipinski definition) is 1. The number of pyridine rings is 2. The van der Waals surface area contributed by atoms with Crippen molar-refractivity contribution in [3.8, 4) is 5.88 Å². The van der Waals surface area contributed by atoms with E-state index in [1.54, 1.807) is 26.0 Å². The average molecular weight is 412 g/mol. The third-order valence-electron chi connectivity index (χ3n) is 3.72. The predicted octanol–water partition coefficient (Wildman–Crippen LogP) is 3.70. The van der Waals surface area contributed by atoms with Crippen LogP contribution in [0.15, 0.2) is 24.4 Å². The van der Waals surface area contributed by atoms with Gasteiger partial charge in [-0.2, -0.15) is 0 Å². The molecule has 0 aromatic carbocycles. The summed E-state index contributed by atoms with van der Waals surface area (Å²) in [4.78, 5) is 32.0. The summed E-state index contributed by atoms with van der Waals surface area (Å²) in [5, 5.41) is 2.88. The first-order valence-electron chi connectivity index (χ1n) is 8.50. The minimum absolute atomic E-state index is 0.0484. The first-order valence-corrected chi connectivity index (χ1v) is 8.87. The van der Waals surface area contributed by atoms with Crippen LogP contribution in [0.4, 0.5) is 8.78 Å². The number of alkyl halides is 2. The van der Waals surface area contributed by atoms with Crippen LogP contribution in [-0.4, -0.2) is 34.7 Å². The molecule has 0 fully saturated rings. The van der Waals surface area contributed by atoms with Crippen LogP contribution in [0.2, 0.25) is 5.02 Å². The van der Waals surface area contributed by atoms with Gasteiger partial charge in [-0.05, 0) is 44.5 Å². The van der Waals surface area contributed by atoms with Crippen molar-refractivity contribution >= 4 is 23.3 Å². The molecule has 0 aliphatic rings. The van der Waals surface area contributed by atoms with Crippen molar-refractivity contribution in [1.29, 1.82) is 0 Å². The fourth-order valence-electron chi connectivity index (χ4n) is 2.50. The zero-order valence-electron chi connectivity index (χ0n) is 15.6. The maximum Gasteiger partial charge on any atom is 0.272 e. The fraction of sp³-hybridized carbons (Fsp3) is 0.368. The molecule has 2 aromatic rings.